The van der Waals surface area contributed by atoms with Crippen molar-refractivity contribution in [3.63, 3.8) is 0 Å². The van der Waals surface area contributed by atoms with E-state index >= 15 is 0 Å². The van der Waals surface area contributed by atoms with Gasteiger partial charge in [0, 0.05) is 31.2 Å². The summed E-state index contributed by atoms with van der Waals surface area (Å²) in [4.78, 5) is 14.8. The second-order valence-electron chi connectivity index (χ2n) is 7.68. The van der Waals surface area contributed by atoms with E-state index in [9.17, 15) is 13.2 Å². The Morgan fingerprint density at radius 2 is 1.45 bits per heavy atom. The Hall–Kier alpha value is -1.89. The topological polar surface area (TPSA) is 57.7 Å². The number of amides is 1. The van der Waals surface area contributed by atoms with E-state index in [1.54, 1.807) is 17.0 Å². The van der Waals surface area contributed by atoms with Gasteiger partial charge in [0.25, 0.3) is 0 Å². The van der Waals surface area contributed by atoms with Gasteiger partial charge in [-0.3, -0.25) is 4.79 Å². The highest BCUT2D eigenvalue weighted by atomic mass is 35.5. The van der Waals surface area contributed by atoms with Crippen molar-refractivity contribution in [2.45, 2.75) is 39.0 Å². The minimum atomic E-state index is -3.60. The Morgan fingerprint density at radius 1 is 0.931 bits per heavy atom. The number of piperazine rings is 1. The number of nitrogens with zero attached hydrogens (tertiary/aromatic N) is 2. The fourth-order valence-corrected chi connectivity index (χ4v) is 5.89. The van der Waals surface area contributed by atoms with E-state index < -0.39 is 10.0 Å². The van der Waals surface area contributed by atoms with Crippen LogP contribution in [0.5, 0.6) is 0 Å². The average molecular weight is 435 g/mol. The van der Waals surface area contributed by atoms with Gasteiger partial charge in [0.15, 0.2) is 0 Å². The largest absolute Gasteiger partial charge is 0.340 e. The summed E-state index contributed by atoms with van der Waals surface area (Å²) in [6, 6.07) is 9.24. The van der Waals surface area contributed by atoms with Crippen molar-refractivity contribution in [3.05, 3.63) is 63.2 Å². The molecule has 0 saturated carbocycles. The van der Waals surface area contributed by atoms with Gasteiger partial charge in [0.2, 0.25) is 15.9 Å². The predicted molar refractivity (Wildman–Crippen MR) is 116 cm³/mol. The van der Waals surface area contributed by atoms with Crippen molar-refractivity contribution in [3.8, 4) is 0 Å². The van der Waals surface area contributed by atoms with E-state index in [0.717, 1.165) is 27.8 Å². The number of halogens is 1. The molecular weight excluding hydrogens is 408 g/mol. The molecule has 0 atom stereocenters. The van der Waals surface area contributed by atoms with Gasteiger partial charge >= 0.3 is 0 Å². The van der Waals surface area contributed by atoms with Gasteiger partial charge in [-0.15, -0.1) is 0 Å². The molecule has 5 nitrogen and oxygen atoms in total. The van der Waals surface area contributed by atoms with Crippen LogP contribution < -0.4 is 0 Å². The number of hydrogen-bond donors (Lipinski definition) is 0. The minimum Gasteiger partial charge on any atom is -0.340 e. The van der Waals surface area contributed by atoms with Gasteiger partial charge in [-0.1, -0.05) is 29.8 Å². The molecule has 29 heavy (non-hydrogen) atoms. The highest BCUT2D eigenvalue weighted by molar-refractivity contribution is 7.89. The molecule has 0 spiro atoms. The quantitative estimate of drug-likeness (QED) is 0.738. The minimum absolute atomic E-state index is 0.00290. The van der Waals surface area contributed by atoms with Crippen LogP contribution in [-0.2, 0) is 21.2 Å². The summed E-state index contributed by atoms with van der Waals surface area (Å²) < 4.78 is 28.2. The number of hydrogen-bond acceptors (Lipinski definition) is 3. The number of carbonyl (C=O) groups is 1. The molecule has 1 amide bonds. The third kappa shape index (κ3) is 4.49. The first-order valence-corrected chi connectivity index (χ1v) is 11.5. The van der Waals surface area contributed by atoms with Crippen molar-refractivity contribution in [2.75, 3.05) is 26.2 Å². The fraction of sp³-hybridized carbons (Fsp3) is 0.409. The summed E-state index contributed by atoms with van der Waals surface area (Å²) in [6.07, 6.45) is 0.291. The molecule has 156 valence electrons. The molecule has 0 bridgehead atoms. The van der Waals surface area contributed by atoms with Crippen LogP contribution in [0.2, 0.25) is 5.02 Å². The van der Waals surface area contributed by atoms with Crippen LogP contribution in [0.1, 0.15) is 27.8 Å². The first kappa shape index (κ1) is 21.8. The molecule has 2 aromatic rings. The van der Waals surface area contributed by atoms with Crippen molar-refractivity contribution in [1.29, 1.82) is 0 Å². The predicted octanol–water partition coefficient (Wildman–Crippen LogP) is 3.65. The Balaban J connectivity index is 1.72. The maximum atomic E-state index is 13.3. The molecule has 0 aliphatic carbocycles. The fourth-order valence-electron chi connectivity index (χ4n) is 3.76. The van der Waals surface area contributed by atoms with Crippen LogP contribution >= 0.6 is 11.6 Å². The standard InChI is InChI=1S/C22H27ClN2O3S/c1-15-13-16(2)18(4)22(17(15)3)29(27,28)25-11-9-24(10-12-25)21(26)14-19-5-7-20(23)8-6-19/h5-8,13H,9-12,14H2,1-4H3. The molecule has 3 rings (SSSR count). The lowest BCUT2D eigenvalue weighted by Gasteiger charge is -2.35. The Morgan fingerprint density at radius 3 is 1.97 bits per heavy atom. The molecule has 0 N–H and O–H groups in total. The van der Waals surface area contributed by atoms with Crippen LogP contribution in [0, 0.1) is 27.7 Å². The van der Waals surface area contributed by atoms with E-state index in [1.165, 1.54) is 4.31 Å². The Bertz CT molecular complexity index is 999. The lowest BCUT2D eigenvalue weighted by Crippen LogP contribution is -2.51. The zero-order valence-electron chi connectivity index (χ0n) is 17.3. The van der Waals surface area contributed by atoms with Crippen molar-refractivity contribution in [1.82, 2.24) is 9.21 Å². The molecule has 0 aromatic heterocycles. The van der Waals surface area contributed by atoms with Crippen LogP contribution in [-0.4, -0.2) is 49.7 Å². The SMILES string of the molecule is Cc1cc(C)c(C)c(S(=O)(=O)N2CCN(C(=O)Cc3ccc(Cl)cc3)CC2)c1C. The molecule has 1 heterocycles. The van der Waals surface area contributed by atoms with E-state index in [0.29, 0.717) is 42.5 Å². The van der Waals surface area contributed by atoms with Gasteiger partial charge in [0.05, 0.1) is 11.3 Å². The molecule has 7 heteroatoms. The zero-order valence-corrected chi connectivity index (χ0v) is 18.9. The molecule has 1 aliphatic heterocycles. The third-order valence-corrected chi connectivity index (χ3v) is 8.18. The van der Waals surface area contributed by atoms with E-state index in [4.69, 9.17) is 11.6 Å². The second-order valence-corrected chi connectivity index (χ2v) is 9.99. The number of aryl methyl sites for hydroxylation is 2. The zero-order chi connectivity index (χ0) is 21.3. The van der Waals surface area contributed by atoms with Gasteiger partial charge in [-0.05, 0) is 67.6 Å². The molecule has 0 radical (unpaired) electrons. The monoisotopic (exact) mass is 434 g/mol. The van der Waals surface area contributed by atoms with Crippen molar-refractivity contribution < 1.29 is 13.2 Å². The Kier molecular flexibility index (Phi) is 6.36. The van der Waals surface area contributed by atoms with Crippen molar-refractivity contribution >= 4 is 27.5 Å². The normalized spacial score (nSPS) is 15.6. The van der Waals surface area contributed by atoms with Gasteiger partial charge in [0.1, 0.15) is 0 Å². The maximum absolute atomic E-state index is 13.3. The van der Waals surface area contributed by atoms with E-state index in [2.05, 4.69) is 0 Å². The Labute approximate surface area is 178 Å². The highest BCUT2D eigenvalue weighted by Crippen LogP contribution is 2.29. The lowest BCUT2D eigenvalue weighted by atomic mass is 10.0. The molecule has 1 aliphatic rings. The van der Waals surface area contributed by atoms with Crippen molar-refractivity contribution in [2.24, 2.45) is 0 Å². The summed E-state index contributed by atoms with van der Waals surface area (Å²) in [5, 5.41) is 0.636. The molecular formula is C22H27ClN2O3S. The number of rotatable bonds is 4. The second kappa shape index (κ2) is 8.46. The van der Waals surface area contributed by atoms with Crippen LogP contribution in [0.25, 0.3) is 0 Å². The summed E-state index contributed by atoms with van der Waals surface area (Å²) in [7, 11) is -3.60. The summed E-state index contributed by atoms with van der Waals surface area (Å²) in [6.45, 7) is 9.01. The van der Waals surface area contributed by atoms with E-state index in [-0.39, 0.29) is 5.91 Å². The summed E-state index contributed by atoms with van der Waals surface area (Å²) in [5.41, 5.74) is 4.45. The smallest absolute Gasteiger partial charge is 0.243 e. The molecule has 2 aromatic carbocycles. The van der Waals surface area contributed by atoms with E-state index in [1.807, 2.05) is 45.9 Å². The molecule has 1 saturated heterocycles. The third-order valence-electron chi connectivity index (χ3n) is 5.76. The number of carbonyl (C=O) groups excluding carboxylic acids is 1. The number of benzene rings is 2. The van der Waals surface area contributed by atoms with Gasteiger partial charge < -0.3 is 4.90 Å². The van der Waals surface area contributed by atoms with Crippen LogP contribution in [0.3, 0.4) is 0 Å². The van der Waals surface area contributed by atoms with Crippen LogP contribution in [0.15, 0.2) is 35.2 Å². The summed E-state index contributed by atoms with van der Waals surface area (Å²) in [5.74, 6) is 0.00290. The molecule has 1 fully saturated rings. The number of sulfonamides is 1. The molecule has 0 unspecified atom stereocenters. The van der Waals surface area contributed by atoms with Gasteiger partial charge in [-0.25, -0.2) is 8.42 Å². The highest BCUT2D eigenvalue weighted by Gasteiger charge is 2.32. The van der Waals surface area contributed by atoms with Gasteiger partial charge in [-0.2, -0.15) is 4.31 Å². The maximum Gasteiger partial charge on any atom is 0.243 e. The average Bonchev–Trinajstić information content (AvgIpc) is 2.68. The lowest BCUT2D eigenvalue weighted by molar-refractivity contribution is -0.131. The first-order chi connectivity index (χ1) is 13.6. The van der Waals surface area contributed by atoms with Crippen LogP contribution in [0.4, 0.5) is 0 Å². The summed E-state index contributed by atoms with van der Waals surface area (Å²) >= 11 is 5.89. The first-order valence-electron chi connectivity index (χ1n) is 9.71.